The van der Waals surface area contributed by atoms with Crippen LogP contribution in [0.25, 0.3) is 0 Å². The van der Waals surface area contributed by atoms with Crippen LogP contribution in [0, 0.1) is 0 Å². The van der Waals surface area contributed by atoms with E-state index in [2.05, 4.69) is 10.1 Å². The molecule has 3 rings (SSSR count). The number of carbonyl (C=O) groups is 2. The predicted octanol–water partition coefficient (Wildman–Crippen LogP) is 2.27. The third-order valence-electron chi connectivity index (χ3n) is 4.08. The highest BCUT2D eigenvalue weighted by Gasteiger charge is 2.28. The topological polar surface area (TPSA) is 92.8 Å². The fourth-order valence-electron chi connectivity index (χ4n) is 2.72. The van der Waals surface area contributed by atoms with Crippen LogP contribution in [-0.4, -0.2) is 39.7 Å². The van der Waals surface area contributed by atoms with Crippen LogP contribution in [-0.2, 0) is 14.8 Å². The number of anilines is 2. The van der Waals surface area contributed by atoms with E-state index in [1.54, 1.807) is 24.3 Å². The fourth-order valence-corrected chi connectivity index (χ4v) is 4.28. The van der Waals surface area contributed by atoms with Crippen LogP contribution in [0.2, 0.25) is 0 Å². The Morgan fingerprint density at radius 2 is 1.62 bits per heavy atom. The van der Waals surface area contributed by atoms with Gasteiger partial charge in [0.05, 0.1) is 24.1 Å². The van der Waals surface area contributed by atoms with Crippen molar-refractivity contribution in [2.45, 2.75) is 6.42 Å². The number of amides is 1. The van der Waals surface area contributed by atoms with Gasteiger partial charge in [-0.3, -0.25) is 9.10 Å². The second-order valence-corrected chi connectivity index (χ2v) is 7.82. The molecule has 0 bridgehead atoms. The lowest BCUT2D eigenvalue weighted by Crippen LogP contribution is -2.24. The highest BCUT2D eigenvalue weighted by molar-refractivity contribution is 7.93. The number of carbonyl (C=O) groups excluding carboxylic acids is 2. The minimum Gasteiger partial charge on any atom is -0.465 e. The molecule has 0 unspecified atom stereocenters. The predicted molar refractivity (Wildman–Crippen MR) is 97.9 cm³/mol. The third-order valence-corrected chi connectivity index (χ3v) is 5.95. The molecule has 1 fully saturated rings. The fraction of sp³-hybridized carbons (Fsp3) is 0.222. The quantitative estimate of drug-likeness (QED) is 0.829. The number of ether oxygens (including phenoxy) is 1. The molecule has 0 aliphatic carbocycles. The first-order chi connectivity index (χ1) is 12.4. The molecule has 0 radical (unpaired) electrons. The number of rotatable bonds is 4. The van der Waals surface area contributed by atoms with Gasteiger partial charge in [0.2, 0.25) is 10.0 Å². The summed E-state index contributed by atoms with van der Waals surface area (Å²) in [7, 11) is -1.93. The maximum atomic E-state index is 12.3. The number of sulfonamides is 1. The van der Waals surface area contributed by atoms with E-state index in [-0.39, 0.29) is 11.7 Å². The van der Waals surface area contributed by atoms with Crippen molar-refractivity contribution in [2.24, 2.45) is 0 Å². The van der Waals surface area contributed by atoms with Crippen LogP contribution < -0.4 is 9.62 Å². The Morgan fingerprint density at radius 1 is 1.00 bits per heavy atom. The monoisotopic (exact) mass is 374 g/mol. The van der Waals surface area contributed by atoms with Crippen molar-refractivity contribution < 1.29 is 22.7 Å². The van der Waals surface area contributed by atoms with Crippen LogP contribution in [0.1, 0.15) is 27.1 Å². The molecular weight excluding hydrogens is 356 g/mol. The van der Waals surface area contributed by atoms with Gasteiger partial charge in [-0.2, -0.15) is 0 Å². The van der Waals surface area contributed by atoms with E-state index in [0.717, 1.165) is 0 Å². The van der Waals surface area contributed by atoms with Crippen molar-refractivity contribution in [1.82, 2.24) is 0 Å². The van der Waals surface area contributed by atoms with Gasteiger partial charge < -0.3 is 10.1 Å². The van der Waals surface area contributed by atoms with Gasteiger partial charge in [0.25, 0.3) is 5.91 Å². The van der Waals surface area contributed by atoms with Crippen LogP contribution in [0.5, 0.6) is 0 Å². The molecule has 0 aromatic heterocycles. The number of benzene rings is 2. The van der Waals surface area contributed by atoms with E-state index >= 15 is 0 Å². The molecule has 1 N–H and O–H groups in total. The SMILES string of the molecule is COC(=O)c1ccc(C(=O)Nc2ccc(N3CCCS3(=O)=O)cc2)cc1. The first-order valence-corrected chi connectivity index (χ1v) is 9.62. The van der Waals surface area contributed by atoms with Crippen LogP contribution in [0.15, 0.2) is 48.5 Å². The normalized spacial score (nSPS) is 15.5. The van der Waals surface area contributed by atoms with E-state index in [9.17, 15) is 18.0 Å². The van der Waals surface area contributed by atoms with Gasteiger partial charge in [0, 0.05) is 17.8 Å². The Balaban J connectivity index is 1.69. The van der Waals surface area contributed by atoms with Crippen LogP contribution in [0.4, 0.5) is 11.4 Å². The maximum Gasteiger partial charge on any atom is 0.337 e. The van der Waals surface area contributed by atoms with Crippen molar-refractivity contribution in [2.75, 3.05) is 29.0 Å². The van der Waals surface area contributed by atoms with Crippen molar-refractivity contribution >= 4 is 33.3 Å². The van der Waals surface area contributed by atoms with Gasteiger partial charge >= 0.3 is 5.97 Å². The van der Waals surface area contributed by atoms with Gasteiger partial charge in [0.1, 0.15) is 0 Å². The Kier molecular flexibility index (Phi) is 4.94. The molecule has 2 aromatic carbocycles. The van der Waals surface area contributed by atoms with Crippen molar-refractivity contribution in [3.63, 3.8) is 0 Å². The number of hydrogen-bond donors (Lipinski definition) is 1. The number of hydrogen-bond acceptors (Lipinski definition) is 5. The lowest BCUT2D eigenvalue weighted by atomic mass is 10.1. The number of nitrogens with one attached hydrogen (secondary N) is 1. The van der Waals surface area contributed by atoms with Gasteiger partial charge in [-0.15, -0.1) is 0 Å². The number of methoxy groups -OCH3 is 1. The zero-order valence-corrected chi connectivity index (χ0v) is 15.0. The van der Waals surface area contributed by atoms with Crippen LogP contribution in [0.3, 0.4) is 0 Å². The summed E-state index contributed by atoms with van der Waals surface area (Å²) in [6.07, 6.45) is 0.613. The second-order valence-electron chi connectivity index (χ2n) is 5.81. The number of esters is 1. The molecule has 0 spiro atoms. The van der Waals surface area contributed by atoms with Crippen molar-refractivity contribution in [1.29, 1.82) is 0 Å². The largest absolute Gasteiger partial charge is 0.465 e. The van der Waals surface area contributed by atoms with Gasteiger partial charge in [-0.05, 0) is 55.0 Å². The summed E-state index contributed by atoms with van der Waals surface area (Å²) < 4.78 is 29.9. The Labute approximate surface area is 151 Å². The Hall–Kier alpha value is -2.87. The average Bonchev–Trinajstić information content (AvgIpc) is 3.01. The van der Waals surface area contributed by atoms with Crippen molar-refractivity contribution in [3.05, 3.63) is 59.7 Å². The van der Waals surface area contributed by atoms with E-state index in [1.165, 1.54) is 35.7 Å². The molecule has 136 valence electrons. The minimum atomic E-state index is -3.22. The molecule has 26 heavy (non-hydrogen) atoms. The lowest BCUT2D eigenvalue weighted by molar-refractivity contribution is 0.0600. The molecular formula is C18H18N2O5S. The third kappa shape index (κ3) is 3.70. The maximum absolute atomic E-state index is 12.3. The zero-order valence-electron chi connectivity index (χ0n) is 14.1. The molecule has 1 aliphatic heterocycles. The number of nitrogens with zero attached hydrogens (tertiary/aromatic N) is 1. The molecule has 1 amide bonds. The summed E-state index contributed by atoms with van der Waals surface area (Å²) in [5.41, 5.74) is 1.89. The highest BCUT2D eigenvalue weighted by Crippen LogP contribution is 2.25. The smallest absolute Gasteiger partial charge is 0.337 e. The summed E-state index contributed by atoms with van der Waals surface area (Å²) in [6, 6.07) is 12.7. The molecule has 0 atom stereocenters. The van der Waals surface area contributed by atoms with E-state index in [4.69, 9.17) is 0 Å². The van der Waals surface area contributed by atoms with E-state index < -0.39 is 16.0 Å². The second kappa shape index (κ2) is 7.17. The molecule has 0 saturated carbocycles. The van der Waals surface area contributed by atoms with E-state index in [0.29, 0.717) is 35.5 Å². The van der Waals surface area contributed by atoms with Gasteiger partial charge in [-0.1, -0.05) is 0 Å². The average molecular weight is 374 g/mol. The molecule has 7 nitrogen and oxygen atoms in total. The van der Waals surface area contributed by atoms with Crippen LogP contribution >= 0.6 is 0 Å². The molecule has 2 aromatic rings. The molecule has 1 saturated heterocycles. The lowest BCUT2D eigenvalue weighted by Gasteiger charge is -2.17. The Bertz CT molecular complexity index is 921. The summed E-state index contributed by atoms with van der Waals surface area (Å²) in [5.74, 6) is -0.639. The first-order valence-electron chi connectivity index (χ1n) is 8.01. The minimum absolute atomic E-state index is 0.160. The molecule has 1 aliphatic rings. The molecule has 8 heteroatoms. The van der Waals surface area contributed by atoms with E-state index in [1.807, 2.05) is 0 Å². The summed E-state index contributed by atoms with van der Waals surface area (Å²) in [5, 5.41) is 2.74. The van der Waals surface area contributed by atoms with Crippen molar-refractivity contribution in [3.8, 4) is 0 Å². The first kappa shape index (κ1) is 17.9. The Morgan fingerprint density at radius 3 is 2.15 bits per heavy atom. The summed E-state index contributed by atoms with van der Waals surface area (Å²) in [4.78, 5) is 23.7. The van der Waals surface area contributed by atoms with Gasteiger partial charge in [-0.25, -0.2) is 13.2 Å². The summed E-state index contributed by atoms with van der Waals surface area (Å²) >= 11 is 0. The standard InChI is InChI=1S/C18H18N2O5S/c1-25-18(22)14-5-3-13(4-6-14)17(21)19-15-7-9-16(10-8-15)20-11-2-12-26(20,23)24/h3-10H,2,11-12H2,1H3,(H,19,21). The van der Waals surface area contributed by atoms with Gasteiger partial charge in [0.15, 0.2) is 0 Å². The molecule has 1 heterocycles. The zero-order chi connectivity index (χ0) is 18.7. The highest BCUT2D eigenvalue weighted by atomic mass is 32.2. The summed E-state index contributed by atoms with van der Waals surface area (Å²) in [6.45, 7) is 0.473.